The summed E-state index contributed by atoms with van der Waals surface area (Å²) in [7, 11) is 0. The van der Waals surface area contributed by atoms with Gasteiger partial charge in [0.2, 0.25) is 0 Å². The lowest BCUT2D eigenvalue weighted by Crippen LogP contribution is -2.39. The van der Waals surface area contributed by atoms with Gasteiger partial charge in [0, 0.05) is 55.7 Å². The Labute approximate surface area is 164 Å². The van der Waals surface area contributed by atoms with E-state index in [-0.39, 0.29) is 17.9 Å². The number of nitrogens with one attached hydrogen (secondary N) is 1. The zero-order valence-corrected chi connectivity index (χ0v) is 15.9. The Morgan fingerprint density at radius 3 is 3.00 bits per heavy atom. The molecule has 1 unspecified atom stereocenters. The molecule has 6 nitrogen and oxygen atoms in total. The first-order valence-corrected chi connectivity index (χ1v) is 9.92. The molecule has 4 rings (SSSR count). The van der Waals surface area contributed by atoms with Crippen molar-refractivity contribution in [2.45, 2.75) is 44.8 Å². The van der Waals surface area contributed by atoms with E-state index in [9.17, 15) is 9.59 Å². The molecule has 0 radical (unpaired) electrons. The highest BCUT2D eigenvalue weighted by molar-refractivity contribution is 5.99. The van der Waals surface area contributed by atoms with Crippen LogP contribution in [-0.2, 0) is 17.7 Å². The number of hydrogen-bond acceptors (Lipinski definition) is 4. The minimum atomic E-state index is -0.132. The SMILES string of the molecule is O=C(CCC1CCCO1)c1ccc2c(c1)NC(=O)N(CCc1ccccn1)C2. The molecule has 1 saturated heterocycles. The Kier molecular flexibility index (Phi) is 5.67. The molecule has 1 N–H and O–H groups in total. The number of carbonyl (C=O) groups is 2. The lowest BCUT2D eigenvalue weighted by molar-refractivity contribution is 0.0859. The largest absolute Gasteiger partial charge is 0.378 e. The molecule has 2 amide bonds. The normalized spacial score (nSPS) is 18.6. The van der Waals surface area contributed by atoms with Crippen LogP contribution < -0.4 is 5.32 Å². The number of carbonyl (C=O) groups excluding carboxylic acids is 2. The monoisotopic (exact) mass is 379 g/mol. The van der Waals surface area contributed by atoms with Gasteiger partial charge in [-0.15, -0.1) is 0 Å². The van der Waals surface area contributed by atoms with Crippen LogP contribution in [-0.4, -0.2) is 41.0 Å². The molecule has 0 spiro atoms. The number of ether oxygens (including phenoxy) is 1. The Bertz CT molecular complexity index is 847. The molecule has 1 atom stereocenters. The topological polar surface area (TPSA) is 71.5 Å². The number of rotatable bonds is 7. The molecule has 3 heterocycles. The highest BCUT2D eigenvalue weighted by Gasteiger charge is 2.24. The molecule has 0 saturated carbocycles. The molecule has 2 aromatic rings. The first kappa shape index (κ1) is 18.6. The predicted octanol–water partition coefficient (Wildman–Crippen LogP) is 3.81. The van der Waals surface area contributed by atoms with E-state index in [1.807, 2.05) is 30.3 Å². The van der Waals surface area contributed by atoms with Crippen LogP contribution in [0.3, 0.4) is 0 Å². The van der Waals surface area contributed by atoms with Gasteiger partial charge in [-0.3, -0.25) is 9.78 Å². The number of fused-ring (bicyclic) bond motifs is 1. The predicted molar refractivity (Wildman–Crippen MR) is 106 cm³/mol. The van der Waals surface area contributed by atoms with Crippen LogP contribution in [0.4, 0.5) is 10.5 Å². The maximum atomic E-state index is 12.5. The zero-order valence-electron chi connectivity index (χ0n) is 15.9. The summed E-state index contributed by atoms with van der Waals surface area (Å²) in [5, 5.41) is 2.93. The minimum Gasteiger partial charge on any atom is -0.378 e. The summed E-state index contributed by atoms with van der Waals surface area (Å²) in [6, 6.07) is 11.3. The number of Topliss-reactive ketones (excluding diaryl/α,β-unsaturated/α-hetero) is 1. The number of anilines is 1. The van der Waals surface area contributed by atoms with Gasteiger partial charge in [-0.1, -0.05) is 18.2 Å². The number of ketones is 1. The second-order valence-corrected chi connectivity index (χ2v) is 7.39. The standard InChI is InChI=1S/C22H25N3O3/c26-21(9-8-19-5-3-13-28-19)16-6-7-17-15-25(22(27)24-20(17)14-16)12-10-18-4-1-2-11-23-18/h1-2,4,6-7,11,14,19H,3,5,8-10,12-13,15H2,(H,24,27). The van der Waals surface area contributed by atoms with E-state index in [1.165, 1.54) is 0 Å². The van der Waals surface area contributed by atoms with Crippen molar-refractivity contribution >= 4 is 17.5 Å². The van der Waals surface area contributed by atoms with Crippen molar-refractivity contribution in [2.75, 3.05) is 18.5 Å². The number of benzene rings is 1. The van der Waals surface area contributed by atoms with Gasteiger partial charge in [0.15, 0.2) is 5.78 Å². The molecule has 2 aliphatic heterocycles. The fourth-order valence-electron chi connectivity index (χ4n) is 3.76. The number of nitrogens with zero attached hydrogens (tertiary/aromatic N) is 2. The van der Waals surface area contributed by atoms with Gasteiger partial charge in [0.25, 0.3) is 0 Å². The quantitative estimate of drug-likeness (QED) is 0.743. The van der Waals surface area contributed by atoms with Crippen molar-refractivity contribution in [1.82, 2.24) is 9.88 Å². The maximum Gasteiger partial charge on any atom is 0.322 e. The van der Waals surface area contributed by atoms with Crippen LogP contribution in [0.1, 0.15) is 47.3 Å². The van der Waals surface area contributed by atoms with Crippen LogP contribution >= 0.6 is 0 Å². The first-order chi connectivity index (χ1) is 13.7. The molecule has 1 fully saturated rings. The molecule has 6 heteroatoms. The lowest BCUT2D eigenvalue weighted by Gasteiger charge is -2.29. The van der Waals surface area contributed by atoms with Crippen LogP contribution in [0.15, 0.2) is 42.6 Å². The van der Waals surface area contributed by atoms with Crippen LogP contribution in [0.2, 0.25) is 0 Å². The Morgan fingerprint density at radius 2 is 2.21 bits per heavy atom. The molecule has 0 bridgehead atoms. The minimum absolute atomic E-state index is 0.102. The summed E-state index contributed by atoms with van der Waals surface area (Å²) < 4.78 is 5.59. The fourth-order valence-corrected chi connectivity index (χ4v) is 3.76. The molecule has 1 aromatic heterocycles. The molecular weight excluding hydrogens is 354 g/mol. The van der Waals surface area contributed by atoms with E-state index < -0.39 is 0 Å². The summed E-state index contributed by atoms with van der Waals surface area (Å²) >= 11 is 0. The van der Waals surface area contributed by atoms with Crippen LogP contribution in [0.5, 0.6) is 0 Å². The molecule has 1 aromatic carbocycles. The smallest absolute Gasteiger partial charge is 0.322 e. The van der Waals surface area contributed by atoms with E-state index in [1.54, 1.807) is 17.2 Å². The fraction of sp³-hybridized carbons (Fsp3) is 0.409. The second-order valence-electron chi connectivity index (χ2n) is 7.39. The Balaban J connectivity index is 1.36. The van der Waals surface area contributed by atoms with Crippen molar-refractivity contribution in [3.05, 3.63) is 59.4 Å². The van der Waals surface area contributed by atoms with Crippen LogP contribution in [0, 0.1) is 0 Å². The van der Waals surface area contributed by atoms with Crippen molar-refractivity contribution in [2.24, 2.45) is 0 Å². The van der Waals surface area contributed by atoms with Crippen molar-refractivity contribution < 1.29 is 14.3 Å². The number of urea groups is 1. The zero-order chi connectivity index (χ0) is 19.3. The molecule has 146 valence electrons. The van der Waals surface area contributed by atoms with Crippen LogP contribution in [0.25, 0.3) is 0 Å². The molecule has 0 aliphatic carbocycles. The molecule has 28 heavy (non-hydrogen) atoms. The maximum absolute atomic E-state index is 12.5. The number of aromatic nitrogens is 1. The highest BCUT2D eigenvalue weighted by atomic mass is 16.5. The summed E-state index contributed by atoms with van der Waals surface area (Å²) in [5.74, 6) is 0.102. The lowest BCUT2D eigenvalue weighted by atomic mass is 10.00. The van der Waals surface area contributed by atoms with Gasteiger partial charge < -0.3 is 15.0 Å². The van der Waals surface area contributed by atoms with Gasteiger partial charge in [0.1, 0.15) is 0 Å². The highest BCUT2D eigenvalue weighted by Crippen LogP contribution is 2.26. The third-order valence-electron chi connectivity index (χ3n) is 5.40. The van der Waals surface area contributed by atoms with E-state index >= 15 is 0 Å². The summed E-state index contributed by atoms with van der Waals surface area (Å²) in [6.07, 6.45) is 6.07. The van der Waals surface area contributed by atoms with E-state index in [4.69, 9.17) is 4.74 Å². The van der Waals surface area contributed by atoms with Crippen molar-refractivity contribution in [3.8, 4) is 0 Å². The van der Waals surface area contributed by atoms with Gasteiger partial charge in [-0.2, -0.15) is 0 Å². The number of amides is 2. The Morgan fingerprint density at radius 1 is 1.29 bits per heavy atom. The summed E-state index contributed by atoms with van der Waals surface area (Å²) in [4.78, 5) is 31.0. The average molecular weight is 379 g/mol. The van der Waals surface area contributed by atoms with Gasteiger partial charge in [-0.05, 0) is 43.0 Å². The Hall–Kier alpha value is -2.73. The average Bonchev–Trinajstić information content (AvgIpc) is 3.24. The van der Waals surface area contributed by atoms with E-state index in [2.05, 4.69) is 10.3 Å². The van der Waals surface area contributed by atoms with Crippen molar-refractivity contribution in [3.63, 3.8) is 0 Å². The van der Waals surface area contributed by atoms with Gasteiger partial charge in [0.05, 0.1) is 6.10 Å². The first-order valence-electron chi connectivity index (χ1n) is 9.92. The third kappa shape index (κ3) is 4.39. The second kappa shape index (κ2) is 8.52. The molecular formula is C22H25N3O3. The van der Waals surface area contributed by atoms with Gasteiger partial charge >= 0.3 is 6.03 Å². The number of hydrogen-bond donors (Lipinski definition) is 1. The third-order valence-corrected chi connectivity index (χ3v) is 5.40. The van der Waals surface area contributed by atoms with Gasteiger partial charge in [-0.25, -0.2) is 4.79 Å². The van der Waals surface area contributed by atoms with E-state index in [0.717, 1.165) is 42.8 Å². The molecule has 2 aliphatic rings. The van der Waals surface area contributed by atoms with E-state index in [0.29, 0.717) is 31.5 Å². The van der Waals surface area contributed by atoms with Crippen molar-refractivity contribution in [1.29, 1.82) is 0 Å². The summed E-state index contributed by atoms with van der Waals surface area (Å²) in [6.45, 7) is 1.95. The number of pyridine rings is 1. The summed E-state index contributed by atoms with van der Waals surface area (Å²) in [5.41, 5.74) is 3.38.